The summed E-state index contributed by atoms with van der Waals surface area (Å²) < 4.78 is 5.08. The van der Waals surface area contributed by atoms with Gasteiger partial charge >= 0.3 is 0 Å². The number of aliphatic hydroxyl groups excluding tert-OH is 1. The Labute approximate surface area is 84.6 Å². The minimum atomic E-state index is -0.331. The summed E-state index contributed by atoms with van der Waals surface area (Å²) in [5.41, 5.74) is -0.331. The molecule has 1 saturated heterocycles. The first-order valence-corrected chi connectivity index (χ1v) is 5.18. The topological polar surface area (TPSA) is 58.6 Å². The molecule has 1 fully saturated rings. The van der Waals surface area contributed by atoms with Gasteiger partial charge in [-0.25, -0.2) is 0 Å². The highest BCUT2D eigenvalue weighted by Gasteiger charge is 2.44. The first-order valence-electron chi connectivity index (χ1n) is 5.18. The lowest BCUT2D eigenvalue weighted by Crippen LogP contribution is -2.56. The Morgan fingerprint density at radius 3 is 2.50 bits per heavy atom. The Hall–Kier alpha value is -0.610. The van der Waals surface area contributed by atoms with E-state index in [1.807, 2.05) is 13.8 Å². The minimum Gasteiger partial charge on any atom is -0.394 e. The fourth-order valence-corrected chi connectivity index (χ4v) is 1.46. The Bertz CT molecular complexity index is 192. The van der Waals surface area contributed by atoms with Gasteiger partial charge in [-0.1, -0.05) is 13.8 Å². The van der Waals surface area contributed by atoms with Crippen LogP contribution in [0.15, 0.2) is 0 Å². The molecule has 0 radical (unpaired) electrons. The van der Waals surface area contributed by atoms with Crippen LogP contribution >= 0.6 is 0 Å². The summed E-state index contributed by atoms with van der Waals surface area (Å²) in [6, 6.07) is -0.119. The van der Waals surface area contributed by atoms with Gasteiger partial charge in [-0.15, -0.1) is 0 Å². The van der Waals surface area contributed by atoms with E-state index in [0.29, 0.717) is 13.2 Å². The Morgan fingerprint density at radius 2 is 2.21 bits per heavy atom. The minimum absolute atomic E-state index is 0.00287. The molecule has 0 aromatic rings. The lowest BCUT2D eigenvalue weighted by atomic mass is 9.82. The molecule has 82 valence electrons. The smallest absolute Gasteiger partial charge is 0.231 e. The van der Waals surface area contributed by atoms with Gasteiger partial charge in [-0.3, -0.25) is 4.79 Å². The molecule has 0 spiro atoms. The molecule has 1 aliphatic heterocycles. The quantitative estimate of drug-likeness (QED) is 0.672. The van der Waals surface area contributed by atoms with E-state index >= 15 is 0 Å². The van der Waals surface area contributed by atoms with Gasteiger partial charge in [0.2, 0.25) is 5.91 Å². The van der Waals surface area contributed by atoms with E-state index in [-0.39, 0.29) is 24.0 Å². The second-order valence-electron chi connectivity index (χ2n) is 3.89. The monoisotopic (exact) mass is 201 g/mol. The largest absolute Gasteiger partial charge is 0.394 e. The first-order chi connectivity index (χ1) is 6.68. The van der Waals surface area contributed by atoms with Crippen LogP contribution in [0.2, 0.25) is 0 Å². The van der Waals surface area contributed by atoms with Crippen molar-refractivity contribution in [2.45, 2.75) is 32.7 Å². The molecule has 1 heterocycles. The third kappa shape index (κ3) is 2.07. The molecule has 1 amide bonds. The summed E-state index contributed by atoms with van der Waals surface area (Å²) in [6.45, 7) is 4.95. The maximum absolute atomic E-state index is 11.8. The summed E-state index contributed by atoms with van der Waals surface area (Å²) in [5, 5.41) is 11.8. The Morgan fingerprint density at radius 1 is 1.57 bits per heavy atom. The molecule has 14 heavy (non-hydrogen) atoms. The van der Waals surface area contributed by atoms with Crippen LogP contribution in [-0.2, 0) is 9.53 Å². The van der Waals surface area contributed by atoms with Gasteiger partial charge < -0.3 is 15.2 Å². The predicted molar refractivity (Wildman–Crippen MR) is 52.9 cm³/mol. The molecule has 0 aromatic heterocycles. The van der Waals surface area contributed by atoms with E-state index in [9.17, 15) is 4.79 Å². The second kappa shape index (κ2) is 4.75. The van der Waals surface area contributed by atoms with Crippen LogP contribution in [0.25, 0.3) is 0 Å². The number of amides is 1. The maximum atomic E-state index is 11.8. The van der Waals surface area contributed by atoms with E-state index in [0.717, 1.165) is 12.8 Å². The van der Waals surface area contributed by atoms with Gasteiger partial charge in [0.25, 0.3) is 0 Å². The van der Waals surface area contributed by atoms with Crippen LogP contribution in [0.1, 0.15) is 26.7 Å². The molecule has 4 heteroatoms. The third-order valence-corrected chi connectivity index (χ3v) is 2.96. The number of ether oxygens (including phenoxy) is 1. The van der Waals surface area contributed by atoms with Crippen molar-refractivity contribution >= 4 is 5.91 Å². The molecule has 1 rings (SSSR count). The van der Waals surface area contributed by atoms with Gasteiger partial charge in [-0.05, 0) is 12.8 Å². The third-order valence-electron chi connectivity index (χ3n) is 2.96. The molecular weight excluding hydrogens is 182 g/mol. The van der Waals surface area contributed by atoms with E-state index in [1.165, 1.54) is 0 Å². The average Bonchev–Trinajstić information content (AvgIpc) is 2.13. The van der Waals surface area contributed by atoms with Crippen LogP contribution < -0.4 is 5.32 Å². The first kappa shape index (κ1) is 11.5. The summed E-state index contributed by atoms with van der Waals surface area (Å²) in [5.74, 6) is 0.0205. The Balaban J connectivity index is 2.47. The van der Waals surface area contributed by atoms with Crippen molar-refractivity contribution in [2.24, 2.45) is 5.41 Å². The van der Waals surface area contributed by atoms with E-state index in [4.69, 9.17) is 9.84 Å². The van der Waals surface area contributed by atoms with Gasteiger partial charge in [0.15, 0.2) is 0 Å². The zero-order valence-corrected chi connectivity index (χ0v) is 8.88. The van der Waals surface area contributed by atoms with Crippen molar-refractivity contribution in [3.63, 3.8) is 0 Å². The van der Waals surface area contributed by atoms with Crippen molar-refractivity contribution in [3.8, 4) is 0 Å². The molecule has 0 aromatic carbocycles. The van der Waals surface area contributed by atoms with Gasteiger partial charge in [0.05, 0.1) is 31.3 Å². The van der Waals surface area contributed by atoms with Gasteiger partial charge in [0, 0.05) is 0 Å². The highest BCUT2D eigenvalue weighted by molar-refractivity contribution is 5.83. The molecule has 1 aliphatic rings. The summed E-state index contributed by atoms with van der Waals surface area (Å²) in [6.07, 6.45) is 1.55. The van der Waals surface area contributed by atoms with Crippen LogP contribution in [0, 0.1) is 5.41 Å². The highest BCUT2D eigenvalue weighted by Crippen LogP contribution is 2.31. The lowest BCUT2D eigenvalue weighted by molar-refractivity contribution is -0.163. The van der Waals surface area contributed by atoms with E-state index < -0.39 is 0 Å². The number of rotatable bonds is 5. The fraction of sp³-hybridized carbons (Fsp3) is 0.900. The van der Waals surface area contributed by atoms with Crippen molar-refractivity contribution in [1.29, 1.82) is 0 Å². The van der Waals surface area contributed by atoms with Gasteiger partial charge in [-0.2, -0.15) is 0 Å². The van der Waals surface area contributed by atoms with Crippen molar-refractivity contribution < 1.29 is 14.6 Å². The summed E-state index contributed by atoms with van der Waals surface area (Å²) in [4.78, 5) is 11.8. The number of hydrogen-bond donors (Lipinski definition) is 2. The molecule has 0 saturated carbocycles. The number of carbonyl (C=O) groups is 1. The molecule has 0 bridgehead atoms. The van der Waals surface area contributed by atoms with Crippen LogP contribution in [0.5, 0.6) is 0 Å². The summed E-state index contributed by atoms with van der Waals surface area (Å²) in [7, 11) is 0. The average molecular weight is 201 g/mol. The molecule has 1 unspecified atom stereocenters. The SMILES string of the molecule is CCC(CO)NC(=O)C1(CC)COC1. The molecule has 1 atom stereocenters. The predicted octanol–water partition coefficient (Wildman–Crippen LogP) is 0.300. The van der Waals surface area contributed by atoms with Crippen molar-refractivity contribution in [2.75, 3.05) is 19.8 Å². The van der Waals surface area contributed by atoms with E-state index in [2.05, 4.69) is 5.32 Å². The maximum Gasteiger partial charge on any atom is 0.231 e. The molecular formula is C10H19NO3. The number of nitrogens with one attached hydrogen (secondary N) is 1. The Kier molecular flexibility index (Phi) is 3.89. The standard InChI is InChI=1S/C10H19NO3/c1-3-8(5-12)11-9(13)10(4-2)6-14-7-10/h8,12H,3-7H2,1-2H3,(H,11,13). The number of carbonyl (C=O) groups excluding carboxylic acids is 1. The number of hydrogen-bond acceptors (Lipinski definition) is 3. The van der Waals surface area contributed by atoms with Gasteiger partial charge in [0.1, 0.15) is 0 Å². The highest BCUT2D eigenvalue weighted by atomic mass is 16.5. The van der Waals surface area contributed by atoms with Crippen molar-refractivity contribution in [3.05, 3.63) is 0 Å². The molecule has 0 aliphatic carbocycles. The van der Waals surface area contributed by atoms with Crippen LogP contribution in [-0.4, -0.2) is 36.9 Å². The normalized spacial score (nSPS) is 21.1. The zero-order valence-electron chi connectivity index (χ0n) is 8.88. The van der Waals surface area contributed by atoms with Crippen molar-refractivity contribution in [1.82, 2.24) is 5.32 Å². The zero-order chi connectivity index (χ0) is 10.6. The number of aliphatic hydroxyl groups is 1. The lowest BCUT2D eigenvalue weighted by Gasteiger charge is -2.39. The van der Waals surface area contributed by atoms with Crippen LogP contribution in [0.3, 0.4) is 0 Å². The molecule has 4 nitrogen and oxygen atoms in total. The second-order valence-corrected chi connectivity index (χ2v) is 3.89. The fourth-order valence-electron chi connectivity index (χ4n) is 1.46. The molecule has 2 N–H and O–H groups in total. The summed E-state index contributed by atoms with van der Waals surface area (Å²) >= 11 is 0. The van der Waals surface area contributed by atoms with Crippen LogP contribution in [0.4, 0.5) is 0 Å². The van der Waals surface area contributed by atoms with E-state index in [1.54, 1.807) is 0 Å².